The van der Waals surface area contributed by atoms with Crippen molar-refractivity contribution in [3.8, 4) is 5.75 Å². The molecule has 4 heteroatoms. The van der Waals surface area contributed by atoms with Crippen molar-refractivity contribution in [2.24, 2.45) is 5.92 Å². The van der Waals surface area contributed by atoms with Crippen molar-refractivity contribution in [3.05, 3.63) is 35.9 Å². The second kappa shape index (κ2) is 7.84. The van der Waals surface area contributed by atoms with Gasteiger partial charge in [0.15, 0.2) is 0 Å². The number of benzene rings is 1. The van der Waals surface area contributed by atoms with Gasteiger partial charge in [0, 0.05) is 12.1 Å². The highest BCUT2D eigenvalue weighted by Crippen LogP contribution is 2.14. The van der Waals surface area contributed by atoms with E-state index < -0.39 is 0 Å². The number of hydrogen-bond donors (Lipinski definition) is 2. The van der Waals surface area contributed by atoms with E-state index in [4.69, 9.17) is 4.74 Å². The van der Waals surface area contributed by atoms with Crippen LogP contribution in [0.15, 0.2) is 30.3 Å². The van der Waals surface area contributed by atoms with Crippen molar-refractivity contribution >= 4 is 12.0 Å². The summed E-state index contributed by atoms with van der Waals surface area (Å²) in [7, 11) is 1.64. The smallest absolute Gasteiger partial charge is 0.244 e. The number of methoxy groups -OCH3 is 1. The van der Waals surface area contributed by atoms with Gasteiger partial charge in [-0.1, -0.05) is 12.1 Å². The normalized spacial score (nSPS) is 20.2. The van der Waals surface area contributed by atoms with E-state index in [9.17, 15) is 4.79 Å². The monoisotopic (exact) mass is 288 g/mol. The molecule has 4 nitrogen and oxygen atoms in total. The van der Waals surface area contributed by atoms with Crippen molar-refractivity contribution in [3.63, 3.8) is 0 Å². The minimum absolute atomic E-state index is 0.0381. The largest absolute Gasteiger partial charge is 0.497 e. The van der Waals surface area contributed by atoms with Crippen LogP contribution in [0.3, 0.4) is 0 Å². The average Bonchev–Trinajstić information content (AvgIpc) is 2.54. The standard InChI is InChI=1S/C17H24N2O2/c1-13(15-4-3-11-18-12-15)19-17(20)10-7-14-5-8-16(21-2)9-6-14/h5-10,13,15,18H,3-4,11-12H2,1-2H3,(H,19,20). The molecule has 21 heavy (non-hydrogen) atoms. The molecule has 114 valence electrons. The Kier molecular flexibility index (Phi) is 5.81. The molecule has 2 unspecified atom stereocenters. The molecule has 2 atom stereocenters. The summed E-state index contributed by atoms with van der Waals surface area (Å²) in [5.41, 5.74) is 0.984. The molecule has 1 aliphatic rings. The topological polar surface area (TPSA) is 50.4 Å². The summed E-state index contributed by atoms with van der Waals surface area (Å²) in [6, 6.07) is 7.82. The first-order chi connectivity index (χ1) is 10.2. The number of amides is 1. The van der Waals surface area contributed by atoms with Gasteiger partial charge in [0.1, 0.15) is 5.75 Å². The van der Waals surface area contributed by atoms with Gasteiger partial charge >= 0.3 is 0 Å². The molecule has 1 heterocycles. The molecule has 0 spiro atoms. The van der Waals surface area contributed by atoms with E-state index >= 15 is 0 Å². The second-order valence-electron chi connectivity index (χ2n) is 5.51. The zero-order valence-electron chi connectivity index (χ0n) is 12.8. The van der Waals surface area contributed by atoms with Crippen LogP contribution in [-0.2, 0) is 4.79 Å². The maximum atomic E-state index is 11.9. The Hall–Kier alpha value is -1.81. The van der Waals surface area contributed by atoms with Crippen LogP contribution in [-0.4, -0.2) is 32.1 Å². The molecule has 0 radical (unpaired) electrons. The van der Waals surface area contributed by atoms with Crippen LogP contribution in [0.1, 0.15) is 25.3 Å². The number of carbonyl (C=O) groups is 1. The van der Waals surface area contributed by atoms with Crippen LogP contribution in [0.4, 0.5) is 0 Å². The summed E-state index contributed by atoms with van der Waals surface area (Å²) in [6.07, 6.45) is 5.78. The van der Waals surface area contributed by atoms with Crippen LogP contribution < -0.4 is 15.4 Å². The third kappa shape index (κ3) is 4.90. The van der Waals surface area contributed by atoms with E-state index in [0.29, 0.717) is 5.92 Å². The number of ether oxygens (including phenoxy) is 1. The molecule has 0 saturated carbocycles. The number of rotatable bonds is 5. The maximum absolute atomic E-state index is 11.9. The first-order valence-electron chi connectivity index (χ1n) is 7.52. The van der Waals surface area contributed by atoms with Crippen molar-refractivity contribution in [1.29, 1.82) is 0 Å². The Labute approximate surface area is 126 Å². The van der Waals surface area contributed by atoms with Gasteiger partial charge in [-0.05, 0) is 62.5 Å². The Morgan fingerprint density at radius 1 is 1.43 bits per heavy atom. The lowest BCUT2D eigenvalue weighted by atomic mass is 9.93. The van der Waals surface area contributed by atoms with Crippen LogP contribution >= 0.6 is 0 Å². The lowest BCUT2D eigenvalue weighted by Crippen LogP contribution is -2.44. The fraction of sp³-hybridized carbons (Fsp3) is 0.471. The number of hydrogen-bond acceptors (Lipinski definition) is 3. The lowest BCUT2D eigenvalue weighted by Gasteiger charge is -2.28. The zero-order chi connectivity index (χ0) is 15.1. The van der Waals surface area contributed by atoms with E-state index in [1.807, 2.05) is 30.3 Å². The molecule has 1 saturated heterocycles. The highest BCUT2D eigenvalue weighted by atomic mass is 16.5. The molecule has 1 amide bonds. The van der Waals surface area contributed by atoms with E-state index in [1.165, 1.54) is 12.8 Å². The molecule has 1 fully saturated rings. The molecule has 2 N–H and O–H groups in total. The first-order valence-corrected chi connectivity index (χ1v) is 7.52. The zero-order valence-corrected chi connectivity index (χ0v) is 12.8. The van der Waals surface area contributed by atoms with Gasteiger partial charge in [0.2, 0.25) is 5.91 Å². The quantitative estimate of drug-likeness (QED) is 0.817. The maximum Gasteiger partial charge on any atom is 0.244 e. The van der Waals surface area contributed by atoms with Crippen LogP contribution in [0.5, 0.6) is 5.75 Å². The third-order valence-electron chi connectivity index (χ3n) is 3.95. The molecule has 1 aromatic carbocycles. The van der Waals surface area contributed by atoms with Gasteiger partial charge < -0.3 is 15.4 Å². The van der Waals surface area contributed by atoms with Gasteiger partial charge in [0.25, 0.3) is 0 Å². The van der Waals surface area contributed by atoms with Crippen LogP contribution in [0.25, 0.3) is 6.08 Å². The number of piperidine rings is 1. The lowest BCUT2D eigenvalue weighted by molar-refractivity contribution is -0.117. The van der Waals surface area contributed by atoms with Gasteiger partial charge in [-0.25, -0.2) is 0 Å². The van der Waals surface area contributed by atoms with Gasteiger partial charge in [-0.3, -0.25) is 4.79 Å². The Balaban J connectivity index is 1.83. The number of nitrogens with one attached hydrogen (secondary N) is 2. The van der Waals surface area contributed by atoms with Gasteiger partial charge in [0.05, 0.1) is 7.11 Å². The summed E-state index contributed by atoms with van der Waals surface area (Å²) in [5.74, 6) is 1.30. The molecular formula is C17H24N2O2. The van der Waals surface area contributed by atoms with Crippen LogP contribution in [0, 0.1) is 5.92 Å². The van der Waals surface area contributed by atoms with E-state index in [2.05, 4.69) is 17.6 Å². The summed E-state index contributed by atoms with van der Waals surface area (Å²) >= 11 is 0. The van der Waals surface area contributed by atoms with Crippen LogP contribution in [0.2, 0.25) is 0 Å². The van der Waals surface area contributed by atoms with Crippen molar-refractivity contribution in [2.45, 2.75) is 25.8 Å². The van der Waals surface area contributed by atoms with Gasteiger partial charge in [-0.15, -0.1) is 0 Å². The van der Waals surface area contributed by atoms with Crippen molar-refractivity contribution in [1.82, 2.24) is 10.6 Å². The first kappa shape index (κ1) is 15.6. The highest BCUT2D eigenvalue weighted by Gasteiger charge is 2.20. The third-order valence-corrected chi connectivity index (χ3v) is 3.95. The molecular weight excluding hydrogens is 264 g/mol. The Bertz CT molecular complexity index is 476. The summed E-state index contributed by atoms with van der Waals surface area (Å²) in [5, 5.41) is 6.43. The van der Waals surface area contributed by atoms with Crippen molar-refractivity contribution < 1.29 is 9.53 Å². The fourth-order valence-electron chi connectivity index (χ4n) is 2.58. The van der Waals surface area contributed by atoms with Crippen molar-refractivity contribution in [2.75, 3.05) is 20.2 Å². The second-order valence-corrected chi connectivity index (χ2v) is 5.51. The molecule has 2 rings (SSSR count). The van der Waals surface area contributed by atoms with E-state index in [0.717, 1.165) is 24.4 Å². The predicted molar refractivity (Wildman–Crippen MR) is 85.2 cm³/mol. The SMILES string of the molecule is COc1ccc(C=CC(=O)NC(C)C2CCCNC2)cc1. The summed E-state index contributed by atoms with van der Waals surface area (Å²) in [6.45, 7) is 4.16. The minimum Gasteiger partial charge on any atom is -0.497 e. The van der Waals surface area contributed by atoms with E-state index in [-0.39, 0.29) is 11.9 Å². The average molecular weight is 288 g/mol. The summed E-state index contributed by atoms with van der Waals surface area (Å²) in [4.78, 5) is 11.9. The molecule has 0 aromatic heterocycles. The molecule has 1 aliphatic heterocycles. The fourth-order valence-corrected chi connectivity index (χ4v) is 2.58. The molecule has 0 aliphatic carbocycles. The molecule has 1 aromatic rings. The predicted octanol–water partition coefficient (Wildman–Crippen LogP) is 2.21. The highest BCUT2D eigenvalue weighted by molar-refractivity contribution is 5.91. The van der Waals surface area contributed by atoms with Gasteiger partial charge in [-0.2, -0.15) is 0 Å². The Morgan fingerprint density at radius 3 is 2.81 bits per heavy atom. The number of carbonyl (C=O) groups excluding carboxylic acids is 1. The van der Waals surface area contributed by atoms with E-state index in [1.54, 1.807) is 13.2 Å². The Morgan fingerprint density at radius 2 is 2.19 bits per heavy atom. The molecule has 0 bridgehead atoms. The minimum atomic E-state index is -0.0381. The summed E-state index contributed by atoms with van der Waals surface area (Å²) < 4.78 is 5.11.